The fourth-order valence-electron chi connectivity index (χ4n) is 0.941. The minimum atomic E-state index is -0.920. The Morgan fingerprint density at radius 1 is 1.20 bits per heavy atom. The lowest BCUT2D eigenvalue weighted by Gasteiger charge is -1.98. The van der Waals surface area contributed by atoms with Crippen molar-refractivity contribution in [1.82, 2.24) is 0 Å². The molecule has 0 unspecified atom stereocenters. The van der Waals surface area contributed by atoms with E-state index in [1.165, 1.54) is 0 Å². The van der Waals surface area contributed by atoms with Crippen LogP contribution in [-0.2, 0) is 0 Å². The Labute approximate surface area is 81.8 Å². The molecule has 9 nitrogen and oxygen atoms in total. The van der Waals surface area contributed by atoms with Crippen molar-refractivity contribution in [3.8, 4) is 0 Å². The molecule has 15 heavy (non-hydrogen) atoms. The third-order valence-corrected chi connectivity index (χ3v) is 1.63. The monoisotopic (exact) mass is 212 g/mol. The molecule has 0 aromatic heterocycles. The second-order valence-corrected chi connectivity index (χ2v) is 2.50. The van der Waals surface area contributed by atoms with Crippen LogP contribution in [0.4, 0.5) is 22.7 Å². The van der Waals surface area contributed by atoms with Crippen molar-refractivity contribution in [2.45, 2.75) is 0 Å². The van der Waals surface area contributed by atoms with E-state index in [9.17, 15) is 25.1 Å². The van der Waals surface area contributed by atoms with Gasteiger partial charge in [-0.05, 0) is 5.18 Å². The van der Waals surface area contributed by atoms with Gasteiger partial charge in [0.05, 0.1) is 15.9 Å². The quantitative estimate of drug-likeness (QED) is 0.348. The van der Waals surface area contributed by atoms with Crippen molar-refractivity contribution in [3.05, 3.63) is 37.3 Å². The summed E-state index contributed by atoms with van der Waals surface area (Å²) in [7, 11) is 0. The Morgan fingerprint density at radius 2 is 1.80 bits per heavy atom. The maximum absolute atomic E-state index is 10.4. The van der Waals surface area contributed by atoms with Gasteiger partial charge in [-0.25, -0.2) is 0 Å². The minimum Gasteiger partial charge on any atom is -0.391 e. The van der Waals surface area contributed by atoms with E-state index in [4.69, 9.17) is 5.73 Å². The molecule has 0 atom stereocenters. The van der Waals surface area contributed by atoms with Crippen molar-refractivity contribution < 1.29 is 9.85 Å². The summed E-state index contributed by atoms with van der Waals surface area (Å²) in [6.45, 7) is 0. The number of nitro groups is 2. The van der Waals surface area contributed by atoms with Crippen LogP contribution in [-0.4, -0.2) is 9.85 Å². The highest BCUT2D eigenvalue weighted by Crippen LogP contribution is 2.35. The highest BCUT2D eigenvalue weighted by molar-refractivity contribution is 5.76. The van der Waals surface area contributed by atoms with E-state index in [1.54, 1.807) is 0 Å². The molecule has 0 saturated heterocycles. The SMILES string of the molecule is Nc1c(N=O)cc([N+](=O)[O-])cc1[N+](=O)[O-]. The first-order chi connectivity index (χ1) is 6.97. The van der Waals surface area contributed by atoms with Crippen LogP contribution in [0, 0.1) is 25.1 Å². The number of benzene rings is 1. The van der Waals surface area contributed by atoms with Crippen molar-refractivity contribution >= 4 is 22.7 Å². The molecule has 0 aliphatic heterocycles. The van der Waals surface area contributed by atoms with Gasteiger partial charge in [-0.1, -0.05) is 0 Å². The van der Waals surface area contributed by atoms with Gasteiger partial charge >= 0.3 is 5.69 Å². The van der Waals surface area contributed by atoms with E-state index in [0.29, 0.717) is 6.07 Å². The Hall–Kier alpha value is -2.58. The molecule has 0 heterocycles. The summed E-state index contributed by atoms with van der Waals surface area (Å²) >= 11 is 0. The Bertz CT molecular complexity index is 457. The van der Waals surface area contributed by atoms with E-state index in [0.717, 1.165) is 6.07 Å². The number of hydrogen-bond acceptors (Lipinski definition) is 7. The summed E-state index contributed by atoms with van der Waals surface area (Å²) in [5, 5.41) is 23.1. The van der Waals surface area contributed by atoms with Crippen molar-refractivity contribution in [3.63, 3.8) is 0 Å². The van der Waals surface area contributed by atoms with Crippen LogP contribution < -0.4 is 5.73 Å². The van der Waals surface area contributed by atoms with Crippen LogP contribution in [0.5, 0.6) is 0 Å². The molecule has 0 fully saturated rings. The molecule has 1 aromatic carbocycles. The van der Waals surface area contributed by atoms with Crippen LogP contribution in [0.15, 0.2) is 17.3 Å². The molecule has 78 valence electrons. The molecule has 0 aliphatic carbocycles. The molecule has 2 N–H and O–H groups in total. The molecule has 1 aromatic rings. The van der Waals surface area contributed by atoms with E-state index in [-0.39, 0.29) is 0 Å². The predicted molar refractivity (Wildman–Crippen MR) is 49.6 cm³/mol. The van der Waals surface area contributed by atoms with Gasteiger partial charge in [0.1, 0.15) is 11.4 Å². The van der Waals surface area contributed by atoms with Gasteiger partial charge in [-0.3, -0.25) is 20.2 Å². The molecule has 0 aliphatic rings. The summed E-state index contributed by atoms with van der Waals surface area (Å²) in [6.07, 6.45) is 0. The summed E-state index contributed by atoms with van der Waals surface area (Å²) in [4.78, 5) is 29.2. The number of anilines is 1. The summed E-state index contributed by atoms with van der Waals surface area (Å²) in [6, 6.07) is 1.44. The van der Waals surface area contributed by atoms with Crippen LogP contribution in [0.25, 0.3) is 0 Å². The minimum absolute atomic E-state index is 0.486. The van der Waals surface area contributed by atoms with E-state index in [2.05, 4.69) is 5.18 Å². The maximum Gasteiger partial charge on any atom is 0.301 e. The lowest BCUT2D eigenvalue weighted by Crippen LogP contribution is -1.98. The number of nitrogen functional groups attached to an aromatic ring is 1. The molecular weight excluding hydrogens is 208 g/mol. The normalized spacial score (nSPS) is 9.60. The average Bonchev–Trinajstić information content (AvgIpc) is 2.17. The Morgan fingerprint density at radius 3 is 2.20 bits per heavy atom. The zero-order chi connectivity index (χ0) is 11.6. The molecule has 0 saturated carbocycles. The first-order valence-electron chi connectivity index (χ1n) is 3.53. The van der Waals surface area contributed by atoms with Crippen LogP contribution in [0.2, 0.25) is 0 Å². The largest absolute Gasteiger partial charge is 0.391 e. The van der Waals surface area contributed by atoms with Gasteiger partial charge < -0.3 is 5.73 Å². The van der Waals surface area contributed by atoms with Gasteiger partial charge in [-0.2, -0.15) is 0 Å². The summed E-state index contributed by atoms with van der Waals surface area (Å²) < 4.78 is 0. The molecule has 0 radical (unpaired) electrons. The molecule has 1 rings (SSSR count). The van der Waals surface area contributed by atoms with E-state index >= 15 is 0 Å². The predicted octanol–water partition coefficient (Wildman–Crippen LogP) is 1.48. The van der Waals surface area contributed by atoms with Gasteiger partial charge in [0, 0.05) is 6.07 Å². The van der Waals surface area contributed by atoms with Crippen LogP contribution in [0.3, 0.4) is 0 Å². The molecular formula is C6H4N4O5. The van der Waals surface area contributed by atoms with Gasteiger partial charge in [-0.15, -0.1) is 4.91 Å². The average molecular weight is 212 g/mol. The van der Waals surface area contributed by atoms with E-state index < -0.39 is 32.6 Å². The Balaban J connectivity index is 3.51. The molecule has 9 heteroatoms. The fraction of sp³-hybridized carbons (Fsp3) is 0. The highest BCUT2D eigenvalue weighted by atomic mass is 16.6. The lowest BCUT2D eigenvalue weighted by molar-refractivity contribution is -0.393. The zero-order valence-electron chi connectivity index (χ0n) is 7.11. The first kappa shape index (κ1) is 10.5. The fourth-order valence-corrected chi connectivity index (χ4v) is 0.941. The zero-order valence-corrected chi connectivity index (χ0v) is 7.11. The number of nitro benzene ring substituents is 2. The summed E-state index contributed by atoms with van der Waals surface area (Å²) in [5.41, 5.74) is 2.89. The Kier molecular flexibility index (Phi) is 2.56. The second-order valence-electron chi connectivity index (χ2n) is 2.50. The van der Waals surface area contributed by atoms with Gasteiger partial charge in [0.15, 0.2) is 0 Å². The number of nitrogens with two attached hydrogens (primary N) is 1. The highest BCUT2D eigenvalue weighted by Gasteiger charge is 2.22. The molecule has 0 spiro atoms. The number of rotatable bonds is 3. The smallest absolute Gasteiger partial charge is 0.301 e. The summed E-state index contributed by atoms with van der Waals surface area (Å²) in [5.74, 6) is 0. The number of hydrogen-bond donors (Lipinski definition) is 1. The van der Waals surface area contributed by atoms with Crippen LogP contribution in [0.1, 0.15) is 0 Å². The van der Waals surface area contributed by atoms with E-state index in [1.807, 2.05) is 0 Å². The maximum atomic E-state index is 10.4. The third kappa shape index (κ3) is 1.85. The first-order valence-corrected chi connectivity index (χ1v) is 3.53. The topological polar surface area (TPSA) is 142 Å². The van der Waals surface area contributed by atoms with Crippen molar-refractivity contribution in [2.24, 2.45) is 5.18 Å². The second kappa shape index (κ2) is 3.65. The number of non-ortho nitro benzene ring substituents is 1. The number of nitrogens with zero attached hydrogens (tertiary/aromatic N) is 3. The molecule has 0 bridgehead atoms. The molecule has 0 amide bonds. The lowest BCUT2D eigenvalue weighted by atomic mass is 10.2. The standard InChI is InChI=1S/C6H4N4O5/c7-6-4(8-11)1-3(9(12)13)2-5(6)10(14)15/h1-2H,7H2. The van der Waals surface area contributed by atoms with Gasteiger partial charge in [0.25, 0.3) is 5.69 Å². The number of nitroso groups, excluding NO2 is 1. The van der Waals surface area contributed by atoms with Crippen molar-refractivity contribution in [2.75, 3.05) is 5.73 Å². The van der Waals surface area contributed by atoms with Gasteiger partial charge in [0.2, 0.25) is 0 Å². The van der Waals surface area contributed by atoms with Crippen LogP contribution >= 0.6 is 0 Å². The third-order valence-electron chi connectivity index (χ3n) is 1.63. The van der Waals surface area contributed by atoms with Crippen molar-refractivity contribution in [1.29, 1.82) is 0 Å².